The van der Waals surface area contributed by atoms with E-state index < -0.39 is 0 Å². The lowest BCUT2D eigenvalue weighted by Crippen LogP contribution is -2.20. The molecule has 156 valence electrons. The SMILES string of the molecule is Cc1cnc(CNCc2nc(CCNCCc3nc4ccccc4[nH]3)sc2Cl)nc1. The van der Waals surface area contributed by atoms with Crippen molar-refractivity contribution in [1.29, 1.82) is 0 Å². The molecule has 7 nitrogen and oxygen atoms in total. The van der Waals surface area contributed by atoms with Crippen LogP contribution in [0.3, 0.4) is 0 Å². The van der Waals surface area contributed by atoms with Crippen LogP contribution in [0.1, 0.15) is 27.9 Å². The highest BCUT2D eigenvalue weighted by molar-refractivity contribution is 7.16. The van der Waals surface area contributed by atoms with Gasteiger partial charge in [-0.2, -0.15) is 0 Å². The third kappa shape index (κ3) is 5.60. The highest BCUT2D eigenvalue weighted by Crippen LogP contribution is 2.24. The molecular weight excluding hydrogens is 418 g/mol. The summed E-state index contributed by atoms with van der Waals surface area (Å²) in [6.45, 7) is 4.89. The van der Waals surface area contributed by atoms with Crippen molar-refractivity contribution in [3.8, 4) is 0 Å². The number of halogens is 1. The molecule has 4 aromatic rings. The number of nitrogens with one attached hydrogen (secondary N) is 3. The van der Waals surface area contributed by atoms with Gasteiger partial charge in [-0.1, -0.05) is 23.7 Å². The van der Waals surface area contributed by atoms with Gasteiger partial charge in [-0.25, -0.2) is 19.9 Å². The fourth-order valence-corrected chi connectivity index (χ4v) is 4.23. The predicted octanol–water partition coefficient (Wildman–Crippen LogP) is 3.44. The van der Waals surface area contributed by atoms with Crippen molar-refractivity contribution >= 4 is 34.0 Å². The molecule has 9 heteroatoms. The molecule has 4 rings (SSSR count). The molecule has 0 aliphatic rings. The Hall–Kier alpha value is -2.39. The first-order valence-electron chi connectivity index (χ1n) is 9.94. The van der Waals surface area contributed by atoms with Crippen LogP contribution in [0.5, 0.6) is 0 Å². The number of aromatic nitrogens is 5. The Morgan fingerprint density at radius 2 is 1.80 bits per heavy atom. The first-order chi connectivity index (χ1) is 14.7. The number of H-pyrrole nitrogens is 1. The number of para-hydroxylation sites is 2. The molecule has 0 bridgehead atoms. The molecule has 3 aromatic heterocycles. The van der Waals surface area contributed by atoms with Crippen LogP contribution < -0.4 is 10.6 Å². The van der Waals surface area contributed by atoms with E-state index in [0.29, 0.717) is 13.1 Å². The van der Waals surface area contributed by atoms with E-state index in [2.05, 4.69) is 35.6 Å². The Labute approximate surface area is 184 Å². The molecule has 0 saturated carbocycles. The monoisotopic (exact) mass is 441 g/mol. The minimum Gasteiger partial charge on any atom is -0.342 e. The minimum atomic E-state index is 0.590. The van der Waals surface area contributed by atoms with E-state index in [0.717, 1.165) is 69.2 Å². The average Bonchev–Trinajstić information content (AvgIpc) is 3.32. The number of imidazole rings is 1. The summed E-state index contributed by atoms with van der Waals surface area (Å²) in [7, 11) is 0. The topological polar surface area (TPSA) is 91.4 Å². The fourth-order valence-electron chi connectivity index (χ4n) is 3.05. The number of thiazole rings is 1. The Bertz CT molecular complexity index is 1060. The van der Waals surface area contributed by atoms with E-state index >= 15 is 0 Å². The highest BCUT2D eigenvalue weighted by atomic mass is 35.5. The minimum absolute atomic E-state index is 0.590. The molecule has 0 fully saturated rings. The molecule has 0 atom stereocenters. The van der Waals surface area contributed by atoms with Crippen molar-refractivity contribution in [2.75, 3.05) is 13.1 Å². The lowest BCUT2D eigenvalue weighted by atomic mass is 10.3. The van der Waals surface area contributed by atoms with Crippen molar-refractivity contribution in [3.63, 3.8) is 0 Å². The van der Waals surface area contributed by atoms with Crippen LogP contribution in [0.15, 0.2) is 36.7 Å². The van der Waals surface area contributed by atoms with Gasteiger partial charge in [-0.3, -0.25) is 0 Å². The summed E-state index contributed by atoms with van der Waals surface area (Å²) in [6.07, 6.45) is 5.35. The van der Waals surface area contributed by atoms with Crippen molar-refractivity contribution in [3.05, 3.63) is 68.9 Å². The molecule has 0 amide bonds. The van der Waals surface area contributed by atoms with Gasteiger partial charge in [0.2, 0.25) is 0 Å². The number of benzene rings is 1. The Balaban J connectivity index is 1.17. The predicted molar refractivity (Wildman–Crippen MR) is 121 cm³/mol. The summed E-state index contributed by atoms with van der Waals surface area (Å²) in [5, 5.41) is 7.80. The molecule has 0 unspecified atom stereocenters. The third-order valence-corrected chi connectivity index (χ3v) is 5.99. The largest absolute Gasteiger partial charge is 0.342 e. The van der Waals surface area contributed by atoms with Gasteiger partial charge in [0.15, 0.2) is 0 Å². The van der Waals surface area contributed by atoms with Gasteiger partial charge in [-0.15, -0.1) is 11.3 Å². The normalized spacial score (nSPS) is 11.4. The van der Waals surface area contributed by atoms with Crippen molar-refractivity contribution in [2.24, 2.45) is 0 Å². The molecule has 30 heavy (non-hydrogen) atoms. The maximum atomic E-state index is 6.36. The van der Waals surface area contributed by atoms with E-state index in [9.17, 15) is 0 Å². The van der Waals surface area contributed by atoms with Crippen LogP contribution in [0.25, 0.3) is 11.0 Å². The number of hydrogen-bond acceptors (Lipinski definition) is 7. The standard InChI is InChI=1S/C21H24ClN7S/c1-14-10-25-19(26-11-14)13-24-12-17-21(22)30-20(29-17)7-9-23-8-6-18-27-15-4-2-3-5-16(15)28-18/h2-5,10-11,23-24H,6-9,12-13H2,1H3,(H,27,28). The lowest BCUT2D eigenvalue weighted by Gasteiger charge is -2.03. The molecule has 0 saturated heterocycles. The van der Waals surface area contributed by atoms with Gasteiger partial charge in [-0.05, 0) is 24.6 Å². The van der Waals surface area contributed by atoms with Gasteiger partial charge in [0.1, 0.15) is 16.0 Å². The number of fused-ring (bicyclic) bond motifs is 1. The summed E-state index contributed by atoms with van der Waals surface area (Å²) < 4.78 is 0.740. The molecule has 0 spiro atoms. The van der Waals surface area contributed by atoms with E-state index in [-0.39, 0.29) is 0 Å². The molecule has 3 heterocycles. The molecule has 0 aliphatic heterocycles. The van der Waals surface area contributed by atoms with Gasteiger partial charge >= 0.3 is 0 Å². The molecular formula is C21H24ClN7S. The zero-order valence-electron chi connectivity index (χ0n) is 16.8. The summed E-state index contributed by atoms with van der Waals surface area (Å²) >= 11 is 7.90. The Kier molecular flexibility index (Phi) is 7.01. The van der Waals surface area contributed by atoms with Crippen molar-refractivity contribution in [2.45, 2.75) is 32.9 Å². The number of hydrogen-bond donors (Lipinski definition) is 3. The average molecular weight is 442 g/mol. The summed E-state index contributed by atoms with van der Waals surface area (Å²) in [5.41, 5.74) is 4.03. The third-order valence-electron chi connectivity index (χ3n) is 4.60. The van der Waals surface area contributed by atoms with E-state index in [1.807, 2.05) is 43.6 Å². The van der Waals surface area contributed by atoms with Crippen LogP contribution in [0.2, 0.25) is 4.34 Å². The van der Waals surface area contributed by atoms with Gasteiger partial charge in [0.25, 0.3) is 0 Å². The van der Waals surface area contributed by atoms with Crippen LogP contribution in [0.4, 0.5) is 0 Å². The molecule has 1 aromatic carbocycles. The number of aryl methyl sites for hydroxylation is 1. The van der Waals surface area contributed by atoms with Crippen molar-refractivity contribution in [1.82, 2.24) is 35.6 Å². The molecule has 0 aliphatic carbocycles. The summed E-state index contributed by atoms with van der Waals surface area (Å²) in [4.78, 5) is 21.2. The fraction of sp³-hybridized carbons (Fsp3) is 0.333. The smallest absolute Gasteiger partial charge is 0.141 e. The van der Waals surface area contributed by atoms with Crippen LogP contribution in [0, 0.1) is 6.92 Å². The second-order valence-electron chi connectivity index (χ2n) is 7.06. The zero-order chi connectivity index (χ0) is 20.8. The first-order valence-corrected chi connectivity index (χ1v) is 11.1. The van der Waals surface area contributed by atoms with E-state index in [1.54, 1.807) is 11.3 Å². The van der Waals surface area contributed by atoms with Crippen LogP contribution in [-0.4, -0.2) is 38.0 Å². The molecule has 0 radical (unpaired) electrons. The highest BCUT2D eigenvalue weighted by Gasteiger charge is 2.09. The number of aromatic amines is 1. The second kappa shape index (κ2) is 10.1. The number of nitrogens with zero attached hydrogens (tertiary/aromatic N) is 4. The maximum absolute atomic E-state index is 6.36. The van der Waals surface area contributed by atoms with Crippen LogP contribution >= 0.6 is 22.9 Å². The quantitative estimate of drug-likeness (QED) is 0.326. The van der Waals surface area contributed by atoms with Gasteiger partial charge in [0.05, 0.1) is 28.3 Å². The lowest BCUT2D eigenvalue weighted by molar-refractivity contribution is 0.647. The van der Waals surface area contributed by atoms with E-state index in [1.165, 1.54) is 0 Å². The van der Waals surface area contributed by atoms with E-state index in [4.69, 9.17) is 11.6 Å². The number of rotatable bonds is 10. The van der Waals surface area contributed by atoms with Gasteiger partial charge < -0.3 is 15.6 Å². The molecule has 3 N–H and O–H groups in total. The van der Waals surface area contributed by atoms with Crippen LogP contribution in [-0.2, 0) is 25.9 Å². The van der Waals surface area contributed by atoms with Gasteiger partial charge in [0, 0.05) is 44.9 Å². The first kappa shape index (κ1) is 20.9. The van der Waals surface area contributed by atoms with Crippen molar-refractivity contribution < 1.29 is 0 Å². The second-order valence-corrected chi connectivity index (χ2v) is 8.74. The summed E-state index contributed by atoms with van der Waals surface area (Å²) in [5.74, 6) is 1.77. The summed E-state index contributed by atoms with van der Waals surface area (Å²) in [6, 6.07) is 8.09. The Morgan fingerprint density at radius 1 is 1.00 bits per heavy atom. The Morgan fingerprint density at radius 3 is 2.63 bits per heavy atom. The zero-order valence-corrected chi connectivity index (χ0v) is 18.4. The maximum Gasteiger partial charge on any atom is 0.141 e.